The van der Waals surface area contributed by atoms with Gasteiger partial charge in [0, 0.05) is 25.4 Å². The molecule has 94 valence electrons. The van der Waals surface area contributed by atoms with Gasteiger partial charge in [-0.15, -0.1) is 13.2 Å². The molecule has 1 aromatic carbocycles. The molecule has 4 heteroatoms. The largest absolute Gasteiger partial charge is 0.370 e. The fourth-order valence-corrected chi connectivity index (χ4v) is 1.51. The molecule has 0 fully saturated rings. The van der Waals surface area contributed by atoms with Crippen molar-refractivity contribution in [2.45, 2.75) is 0 Å². The molecule has 0 N–H and O–H groups in total. The first-order valence-electron chi connectivity index (χ1n) is 5.56. The summed E-state index contributed by atoms with van der Waals surface area (Å²) >= 11 is 0. The van der Waals surface area contributed by atoms with Gasteiger partial charge in [0.15, 0.2) is 0 Å². The summed E-state index contributed by atoms with van der Waals surface area (Å²) in [5.41, 5.74) is 0.687. The third kappa shape index (κ3) is 3.90. The van der Waals surface area contributed by atoms with Gasteiger partial charge in [-0.05, 0) is 12.1 Å². The lowest BCUT2D eigenvalue weighted by molar-refractivity contribution is -0.385. The molecule has 1 aromatic rings. The highest BCUT2D eigenvalue weighted by atomic mass is 16.6. The first-order valence-corrected chi connectivity index (χ1v) is 5.56. The minimum Gasteiger partial charge on any atom is -0.370 e. The topological polar surface area (TPSA) is 46.4 Å². The van der Waals surface area contributed by atoms with Gasteiger partial charge in [-0.1, -0.05) is 24.3 Å². The third-order valence-corrected chi connectivity index (χ3v) is 2.33. The van der Waals surface area contributed by atoms with E-state index in [0.29, 0.717) is 18.7 Å². The van der Waals surface area contributed by atoms with E-state index in [9.17, 15) is 10.1 Å². The fourth-order valence-electron chi connectivity index (χ4n) is 1.51. The molecule has 0 atom stereocenters. The lowest BCUT2D eigenvalue weighted by atomic mass is 10.2. The highest BCUT2D eigenvalue weighted by molar-refractivity contribution is 5.60. The number of para-hydroxylation sites is 1. The lowest BCUT2D eigenvalue weighted by Crippen LogP contribution is -2.16. The smallest absolute Gasteiger partial charge is 0.276 e. The number of nitrogens with zero attached hydrogens (tertiary/aromatic N) is 2. The SMILES string of the molecule is C=CCN(/C=C/c1ccccc1[N+](=O)[O-])CC=C. The van der Waals surface area contributed by atoms with E-state index in [-0.39, 0.29) is 10.6 Å². The van der Waals surface area contributed by atoms with E-state index < -0.39 is 0 Å². The quantitative estimate of drug-likeness (QED) is 0.420. The van der Waals surface area contributed by atoms with Crippen LogP contribution in [0.2, 0.25) is 0 Å². The zero-order valence-corrected chi connectivity index (χ0v) is 10.2. The van der Waals surface area contributed by atoms with Crippen molar-refractivity contribution in [3.8, 4) is 0 Å². The van der Waals surface area contributed by atoms with Gasteiger partial charge in [0.25, 0.3) is 5.69 Å². The molecule has 0 radical (unpaired) electrons. The van der Waals surface area contributed by atoms with Crippen LogP contribution in [0.5, 0.6) is 0 Å². The molecule has 18 heavy (non-hydrogen) atoms. The third-order valence-electron chi connectivity index (χ3n) is 2.33. The molecule has 0 saturated carbocycles. The second-order valence-electron chi connectivity index (χ2n) is 3.66. The van der Waals surface area contributed by atoms with Crippen molar-refractivity contribution in [3.63, 3.8) is 0 Å². The van der Waals surface area contributed by atoms with Crippen molar-refractivity contribution in [2.24, 2.45) is 0 Å². The molecule has 0 aliphatic rings. The summed E-state index contributed by atoms with van der Waals surface area (Å²) in [6.07, 6.45) is 7.08. The molecule has 1 rings (SSSR count). The number of hydrogen-bond donors (Lipinski definition) is 0. The Morgan fingerprint density at radius 2 is 1.83 bits per heavy atom. The monoisotopic (exact) mass is 244 g/mol. The number of nitro benzene ring substituents is 1. The van der Waals surface area contributed by atoms with Crippen molar-refractivity contribution in [1.29, 1.82) is 0 Å². The number of rotatable bonds is 7. The maximum atomic E-state index is 10.8. The number of benzene rings is 1. The number of nitro groups is 1. The fraction of sp³-hybridized carbons (Fsp3) is 0.143. The van der Waals surface area contributed by atoms with Crippen LogP contribution >= 0.6 is 0 Å². The summed E-state index contributed by atoms with van der Waals surface area (Å²) in [6.45, 7) is 8.67. The van der Waals surface area contributed by atoms with Crippen LogP contribution in [0.3, 0.4) is 0 Å². The van der Waals surface area contributed by atoms with E-state index in [1.165, 1.54) is 6.07 Å². The van der Waals surface area contributed by atoms with Crippen molar-refractivity contribution >= 4 is 11.8 Å². The number of hydrogen-bond acceptors (Lipinski definition) is 3. The van der Waals surface area contributed by atoms with Gasteiger partial charge in [-0.2, -0.15) is 0 Å². The van der Waals surface area contributed by atoms with E-state index >= 15 is 0 Å². The molecule has 0 unspecified atom stereocenters. The summed E-state index contributed by atoms with van der Waals surface area (Å²) in [4.78, 5) is 12.4. The van der Waals surface area contributed by atoms with Crippen molar-refractivity contribution < 1.29 is 4.92 Å². The van der Waals surface area contributed by atoms with E-state index in [2.05, 4.69) is 13.2 Å². The van der Waals surface area contributed by atoms with Gasteiger partial charge in [0.1, 0.15) is 0 Å². The molecule has 0 saturated heterocycles. The molecule has 0 bridgehead atoms. The Labute approximate surface area is 107 Å². The Bertz CT molecular complexity index is 457. The maximum absolute atomic E-state index is 10.8. The summed E-state index contributed by atoms with van der Waals surface area (Å²) in [6, 6.07) is 6.64. The summed E-state index contributed by atoms with van der Waals surface area (Å²) in [7, 11) is 0. The van der Waals surface area contributed by atoms with E-state index in [1.807, 2.05) is 11.1 Å². The van der Waals surface area contributed by atoms with Crippen LogP contribution in [0.15, 0.2) is 55.8 Å². The standard InChI is InChI=1S/C14H16N2O2/c1-3-10-15(11-4-2)12-9-13-7-5-6-8-14(13)16(17)18/h3-9,12H,1-2,10-11H2/b12-9+. The summed E-state index contributed by atoms with van der Waals surface area (Å²) in [5.74, 6) is 0. The van der Waals surface area contributed by atoms with Crippen molar-refractivity contribution in [1.82, 2.24) is 4.90 Å². The van der Waals surface area contributed by atoms with Crippen molar-refractivity contribution in [3.05, 3.63) is 71.5 Å². The van der Waals surface area contributed by atoms with Gasteiger partial charge in [0.2, 0.25) is 0 Å². The highest BCUT2D eigenvalue weighted by Gasteiger charge is 2.09. The molecule has 0 aliphatic carbocycles. The Kier molecular flexibility index (Phi) is 5.38. The van der Waals surface area contributed by atoms with Crippen LogP contribution < -0.4 is 0 Å². The minimum atomic E-state index is -0.384. The van der Waals surface area contributed by atoms with E-state index in [1.54, 1.807) is 36.4 Å². The molecule has 4 nitrogen and oxygen atoms in total. The molecular weight excluding hydrogens is 228 g/mol. The van der Waals surface area contributed by atoms with E-state index in [0.717, 1.165) is 0 Å². The normalized spacial score (nSPS) is 10.2. The van der Waals surface area contributed by atoms with Gasteiger partial charge >= 0.3 is 0 Å². The Morgan fingerprint density at radius 1 is 1.22 bits per heavy atom. The van der Waals surface area contributed by atoms with Crippen LogP contribution in [-0.2, 0) is 0 Å². The average Bonchev–Trinajstić information content (AvgIpc) is 2.36. The van der Waals surface area contributed by atoms with Gasteiger partial charge in [-0.3, -0.25) is 10.1 Å². The molecule has 0 spiro atoms. The van der Waals surface area contributed by atoms with Crippen LogP contribution in [-0.4, -0.2) is 22.9 Å². The summed E-state index contributed by atoms with van der Waals surface area (Å²) < 4.78 is 0. The Morgan fingerprint density at radius 3 is 2.39 bits per heavy atom. The maximum Gasteiger partial charge on any atom is 0.276 e. The van der Waals surface area contributed by atoms with Crippen LogP contribution in [0.1, 0.15) is 5.56 Å². The first kappa shape index (κ1) is 13.7. The van der Waals surface area contributed by atoms with E-state index in [4.69, 9.17) is 0 Å². The molecule has 0 aromatic heterocycles. The van der Waals surface area contributed by atoms with Crippen molar-refractivity contribution in [2.75, 3.05) is 13.1 Å². The molecule has 0 aliphatic heterocycles. The Balaban J connectivity index is 2.90. The predicted molar refractivity (Wildman–Crippen MR) is 74.1 cm³/mol. The van der Waals surface area contributed by atoms with Gasteiger partial charge < -0.3 is 4.90 Å². The predicted octanol–water partition coefficient (Wildman–Crippen LogP) is 3.24. The highest BCUT2D eigenvalue weighted by Crippen LogP contribution is 2.19. The van der Waals surface area contributed by atoms with Gasteiger partial charge in [0.05, 0.1) is 10.5 Å². The van der Waals surface area contributed by atoms with Crippen LogP contribution in [0.25, 0.3) is 6.08 Å². The van der Waals surface area contributed by atoms with Crippen LogP contribution in [0.4, 0.5) is 5.69 Å². The second-order valence-corrected chi connectivity index (χ2v) is 3.66. The minimum absolute atomic E-state index is 0.103. The zero-order chi connectivity index (χ0) is 13.4. The van der Waals surface area contributed by atoms with Gasteiger partial charge in [-0.25, -0.2) is 0 Å². The lowest BCUT2D eigenvalue weighted by Gasteiger charge is -2.15. The summed E-state index contributed by atoms with van der Waals surface area (Å²) in [5, 5.41) is 10.8. The molecule has 0 heterocycles. The zero-order valence-electron chi connectivity index (χ0n) is 10.2. The average molecular weight is 244 g/mol. The Hall–Kier alpha value is -2.36. The second kappa shape index (κ2) is 7.06. The molecule has 0 amide bonds. The molecular formula is C14H16N2O2. The first-order chi connectivity index (χ1) is 8.69. The van der Waals surface area contributed by atoms with Crippen LogP contribution in [0, 0.1) is 10.1 Å².